The van der Waals surface area contributed by atoms with E-state index in [9.17, 15) is 0 Å². The summed E-state index contributed by atoms with van der Waals surface area (Å²) in [5.41, 5.74) is 3.70. The van der Waals surface area contributed by atoms with Crippen molar-refractivity contribution in [3.8, 4) is 5.75 Å². The molecular weight excluding hydrogens is 248 g/mol. The van der Waals surface area contributed by atoms with Crippen LogP contribution in [-0.4, -0.2) is 18.6 Å². The van der Waals surface area contributed by atoms with E-state index in [-0.39, 0.29) is 6.04 Å². The molecule has 1 N–H and O–H groups in total. The van der Waals surface area contributed by atoms with E-state index in [1.807, 2.05) is 12.4 Å². The smallest absolute Gasteiger partial charge is 0.122 e. The Morgan fingerprint density at radius 2 is 1.95 bits per heavy atom. The number of nitrogens with one attached hydrogen (secondary N) is 1. The van der Waals surface area contributed by atoms with Crippen LogP contribution in [-0.2, 0) is 6.42 Å². The lowest BCUT2D eigenvalue weighted by Crippen LogP contribution is -2.23. The van der Waals surface area contributed by atoms with Crippen molar-refractivity contribution < 1.29 is 4.74 Å². The zero-order valence-electron chi connectivity index (χ0n) is 12.4. The number of ether oxygens (including phenoxy) is 1. The minimum absolute atomic E-state index is 0.289. The third-order valence-corrected chi connectivity index (χ3v) is 3.47. The molecule has 2 aromatic rings. The Morgan fingerprint density at radius 3 is 2.60 bits per heavy atom. The number of benzene rings is 1. The topological polar surface area (TPSA) is 34.2 Å². The molecule has 0 aliphatic heterocycles. The Labute approximate surface area is 121 Å². The van der Waals surface area contributed by atoms with Gasteiger partial charge in [-0.1, -0.05) is 19.1 Å². The number of pyridine rings is 1. The van der Waals surface area contributed by atoms with Gasteiger partial charge in [0.25, 0.3) is 0 Å². The summed E-state index contributed by atoms with van der Waals surface area (Å²) in [4.78, 5) is 4.07. The zero-order valence-corrected chi connectivity index (χ0v) is 12.4. The highest BCUT2D eigenvalue weighted by Crippen LogP contribution is 2.25. The maximum atomic E-state index is 5.43. The third kappa shape index (κ3) is 3.58. The monoisotopic (exact) mass is 270 g/mol. The van der Waals surface area contributed by atoms with Crippen LogP contribution >= 0.6 is 0 Å². The number of rotatable bonds is 6. The number of hydrogen-bond acceptors (Lipinski definition) is 3. The second kappa shape index (κ2) is 7.06. The van der Waals surface area contributed by atoms with Gasteiger partial charge in [0.05, 0.1) is 7.11 Å². The second-order valence-corrected chi connectivity index (χ2v) is 4.90. The molecule has 3 nitrogen and oxygen atoms in total. The first kappa shape index (κ1) is 14.5. The molecule has 20 heavy (non-hydrogen) atoms. The predicted octanol–water partition coefficient (Wildman–Crippen LogP) is 3.29. The molecule has 0 aliphatic carbocycles. The van der Waals surface area contributed by atoms with E-state index in [0.29, 0.717) is 0 Å². The first-order chi connectivity index (χ1) is 9.74. The van der Waals surface area contributed by atoms with Gasteiger partial charge in [-0.2, -0.15) is 0 Å². The molecule has 0 saturated carbocycles. The van der Waals surface area contributed by atoms with Crippen LogP contribution in [0.3, 0.4) is 0 Å². The Bertz CT molecular complexity index is 540. The zero-order chi connectivity index (χ0) is 14.4. The van der Waals surface area contributed by atoms with Crippen molar-refractivity contribution in [3.05, 3.63) is 59.4 Å². The van der Waals surface area contributed by atoms with Crippen LogP contribution in [0, 0.1) is 6.92 Å². The highest BCUT2D eigenvalue weighted by atomic mass is 16.5. The molecule has 0 aliphatic rings. The van der Waals surface area contributed by atoms with Gasteiger partial charge in [0, 0.05) is 18.4 Å². The second-order valence-electron chi connectivity index (χ2n) is 4.90. The lowest BCUT2D eigenvalue weighted by atomic mass is 9.98. The number of methoxy groups -OCH3 is 1. The molecule has 106 valence electrons. The van der Waals surface area contributed by atoms with Gasteiger partial charge in [-0.05, 0) is 54.8 Å². The van der Waals surface area contributed by atoms with Crippen molar-refractivity contribution in [2.75, 3.05) is 13.7 Å². The summed E-state index contributed by atoms with van der Waals surface area (Å²) in [5.74, 6) is 0.945. The molecule has 0 amide bonds. The van der Waals surface area contributed by atoms with Gasteiger partial charge in [-0.15, -0.1) is 0 Å². The molecule has 1 unspecified atom stereocenters. The molecule has 0 radical (unpaired) electrons. The van der Waals surface area contributed by atoms with E-state index < -0.39 is 0 Å². The van der Waals surface area contributed by atoms with Gasteiger partial charge in [-0.3, -0.25) is 4.98 Å². The van der Waals surface area contributed by atoms with Crippen LogP contribution in [0.15, 0.2) is 42.7 Å². The van der Waals surface area contributed by atoms with E-state index in [1.165, 1.54) is 11.1 Å². The molecule has 0 fully saturated rings. The first-order valence-electron chi connectivity index (χ1n) is 7.01. The van der Waals surface area contributed by atoms with E-state index in [2.05, 4.69) is 54.5 Å². The lowest BCUT2D eigenvalue weighted by Gasteiger charge is -2.20. The molecule has 3 heteroatoms. The van der Waals surface area contributed by atoms with Crippen LogP contribution in [0.2, 0.25) is 0 Å². The molecule has 1 aromatic heterocycles. The van der Waals surface area contributed by atoms with Gasteiger partial charge >= 0.3 is 0 Å². The van der Waals surface area contributed by atoms with Crippen LogP contribution < -0.4 is 10.1 Å². The molecule has 1 heterocycles. The number of likely N-dealkylation sites (N-methyl/N-ethyl adjacent to an activating group) is 1. The lowest BCUT2D eigenvalue weighted by molar-refractivity contribution is 0.410. The van der Waals surface area contributed by atoms with Gasteiger partial charge in [0.15, 0.2) is 0 Å². The average Bonchev–Trinajstić information content (AvgIpc) is 2.48. The summed E-state index contributed by atoms with van der Waals surface area (Å²) >= 11 is 0. The van der Waals surface area contributed by atoms with Gasteiger partial charge in [0.1, 0.15) is 5.75 Å². The van der Waals surface area contributed by atoms with Crippen molar-refractivity contribution in [3.63, 3.8) is 0 Å². The van der Waals surface area contributed by atoms with Crippen molar-refractivity contribution in [2.45, 2.75) is 26.3 Å². The Hall–Kier alpha value is -1.87. The van der Waals surface area contributed by atoms with E-state index in [4.69, 9.17) is 4.74 Å². The highest BCUT2D eigenvalue weighted by molar-refractivity contribution is 5.38. The summed E-state index contributed by atoms with van der Waals surface area (Å²) in [6, 6.07) is 10.8. The Kier molecular flexibility index (Phi) is 5.13. The molecule has 0 spiro atoms. The Balaban J connectivity index is 2.24. The van der Waals surface area contributed by atoms with Crippen LogP contribution in [0.25, 0.3) is 0 Å². The molecule has 1 atom stereocenters. The fourth-order valence-corrected chi connectivity index (χ4v) is 2.36. The number of nitrogens with zero attached hydrogens (tertiary/aromatic N) is 1. The average molecular weight is 270 g/mol. The first-order valence-corrected chi connectivity index (χ1v) is 7.01. The van der Waals surface area contributed by atoms with E-state index in [0.717, 1.165) is 24.3 Å². The minimum Gasteiger partial charge on any atom is -0.496 e. The largest absolute Gasteiger partial charge is 0.496 e. The molecule has 0 bridgehead atoms. The highest BCUT2D eigenvalue weighted by Gasteiger charge is 2.12. The fraction of sp³-hybridized carbons (Fsp3) is 0.353. The fourth-order valence-electron chi connectivity index (χ4n) is 2.36. The van der Waals surface area contributed by atoms with Crippen molar-refractivity contribution in [1.82, 2.24) is 10.3 Å². The summed E-state index contributed by atoms with van der Waals surface area (Å²) < 4.78 is 5.43. The van der Waals surface area contributed by atoms with Gasteiger partial charge < -0.3 is 10.1 Å². The minimum atomic E-state index is 0.289. The van der Waals surface area contributed by atoms with Crippen LogP contribution in [0.5, 0.6) is 5.75 Å². The normalized spacial score (nSPS) is 12.2. The third-order valence-electron chi connectivity index (χ3n) is 3.47. The Morgan fingerprint density at radius 1 is 1.20 bits per heavy atom. The number of aryl methyl sites for hydroxylation is 1. The van der Waals surface area contributed by atoms with Gasteiger partial charge in [-0.25, -0.2) is 0 Å². The van der Waals surface area contributed by atoms with Crippen LogP contribution in [0.1, 0.15) is 29.7 Å². The molecule has 2 rings (SSSR count). The van der Waals surface area contributed by atoms with Crippen molar-refractivity contribution in [2.24, 2.45) is 0 Å². The summed E-state index contributed by atoms with van der Waals surface area (Å²) in [5, 5.41) is 3.54. The molecule has 1 aromatic carbocycles. The maximum absolute atomic E-state index is 5.43. The SMILES string of the molecule is CCNC(Cc1ccncc1)c1ccc(C)c(OC)c1. The van der Waals surface area contributed by atoms with Crippen molar-refractivity contribution in [1.29, 1.82) is 0 Å². The van der Waals surface area contributed by atoms with Crippen LogP contribution in [0.4, 0.5) is 0 Å². The van der Waals surface area contributed by atoms with Crippen molar-refractivity contribution >= 4 is 0 Å². The number of aromatic nitrogens is 1. The number of hydrogen-bond donors (Lipinski definition) is 1. The van der Waals surface area contributed by atoms with E-state index >= 15 is 0 Å². The van der Waals surface area contributed by atoms with Gasteiger partial charge in [0.2, 0.25) is 0 Å². The summed E-state index contributed by atoms with van der Waals surface area (Å²) in [7, 11) is 1.72. The summed E-state index contributed by atoms with van der Waals surface area (Å²) in [6.45, 7) is 5.13. The molecular formula is C17H22N2O. The maximum Gasteiger partial charge on any atom is 0.122 e. The quantitative estimate of drug-likeness (QED) is 0.874. The molecule has 0 saturated heterocycles. The summed E-state index contributed by atoms with van der Waals surface area (Å²) in [6.07, 6.45) is 4.63. The standard InChI is InChI=1S/C17H22N2O/c1-4-19-16(11-14-7-9-18-10-8-14)15-6-5-13(2)17(12-15)20-3/h5-10,12,16,19H,4,11H2,1-3H3. The predicted molar refractivity (Wildman–Crippen MR) is 82.1 cm³/mol. The van der Waals surface area contributed by atoms with E-state index in [1.54, 1.807) is 7.11 Å².